The van der Waals surface area contributed by atoms with Gasteiger partial charge in [-0.2, -0.15) is 4.98 Å². The smallest absolute Gasteiger partial charge is 0.318 e. The van der Waals surface area contributed by atoms with Crippen molar-refractivity contribution in [3.63, 3.8) is 0 Å². The molecule has 0 spiro atoms. The van der Waals surface area contributed by atoms with Crippen LogP contribution >= 0.6 is 11.6 Å². The molecule has 1 aromatic carbocycles. The summed E-state index contributed by atoms with van der Waals surface area (Å²) in [6.07, 6.45) is 3.25. The number of nitrogens with zero attached hydrogens (tertiary/aromatic N) is 3. The molecule has 1 aliphatic heterocycles. The molecule has 0 aliphatic carbocycles. The third kappa shape index (κ3) is 3.43. The summed E-state index contributed by atoms with van der Waals surface area (Å²) in [5.41, 5.74) is 0.777. The Balaban J connectivity index is 1.47. The number of urea groups is 1. The fourth-order valence-electron chi connectivity index (χ4n) is 3.06. The van der Waals surface area contributed by atoms with Gasteiger partial charge in [0.05, 0.1) is 12.8 Å². The molecule has 134 valence electrons. The van der Waals surface area contributed by atoms with Crippen molar-refractivity contribution in [1.82, 2.24) is 20.4 Å². The molecule has 8 heteroatoms. The lowest BCUT2D eigenvalue weighted by atomic mass is 10.2. The highest BCUT2D eigenvalue weighted by Crippen LogP contribution is 2.32. The van der Waals surface area contributed by atoms with Crippen LogP contribution in [0.15, 0.2) is 51.6 Å². The monoisotopic (exact) mass is 372 g/mol. The summed E-state index contributed by atoms with van der Waals surface area (Å²) < 4.78 is 10.7. The largest absolute Gasteiger partial charge is 0.467 e. The molecular formula is C18H17ClN4O3. The van der Waals surface area contributed by atoms with E-state index in [1.165, 1.54) is 0 Å². The number of benzene rings is 1. The molecule has 2 aromatic heterocycles. The SMILES string of the molecule is O=C(NCc1ccco1)N1CCC[C@@H]1c1nc(-c2cccc(Cl)c2)no1. The Labute approximate surface area is 154 Å². The van der Waals surface area contributed by atoms with Crippen molar-refractivity contribution < 1.29 is 13.7 Å². The topological polar surface area (TPSA) is 84.4 Å². The van der Waals surface area contributed by atoms with Crippen molar-refractivity contribution >= 4 is 17.6 Å². The van der Waals surface area contributed by atoms with Crippen LogP contribution in [0, 0.1) is 0 Å². The summed E-state index contributed by atoms with van der Waals surface area (Å²) in [5.74, 6) is 1.60. The number of amides is 2. The van der Waals surface area contributed by atoms with Crippen molar-refractivity contribution in [2.24, 2.45) is 0 Å². The third-order valence-corrected chi connectivity index (χ3v) is 4.55. The van der Waals surface area contributed by atoms with E-state index >= 15 is 0 Å². The second-order valence-corrected chi connectivity index (χ2v) is 6.49. The standard InChI is InChI=1S/C18H17ClN4O3/c19-13-5-1-4-12(10-13)16-21-17(26-22-16)15-7-2-8-23(15)18(24)20-11-14-6-3-9-25-14/h1,3-6,9-10,15H,2,7-8,11H2,(H,20,24)/t15-/m1/s1. The van der Waals surface area contributed by atoms with Crippen molar-refractivity contribution in [2.75, 3.05) is 6.54 Å². The maximum absolute atomic E-state index is 12.5. The van der Waals surface area contributed by atoms with Crippen molar-refractivity contribution in [3.05, 3.63) is 59.3 Å². The fourth-order valence-corrected chi connectivity index (χ4v) is 3.25. The van der Waals surface area contributed by atoms with Crippen LogP contribution in [0.25, 0.3) is 11.4 Å². The first-order valence-electron chi connectivity index (χ1n) is 8.37. The Morgan fingerprint density at radius 3 is 3.08 bits per heavy atom. The number of rotatable bonds is 4. The van der Waals surface area contributed by atoms with Gasteiger partial charge in [-0.3, -0.25) is 0 Å². The van der Waals surface area contributed by atoms with Crippen LogP contribution in [0.4, 0.5) is 4.79 Å². The van der Waals surface area contributed by atoms with Gasteiger partial charge in [0.15, 0.2) is 0 Å². The average Bonchev–Trinajstić information content (AvgIpc) is 3.40. The van der Waals surface area contributed by atoms with Gasteiger partial charge in [0.25, 0.3) is 0 Å². The molecule has 2 amide bonds. The first-order valence-corrected chi connectivity index (χ1v) is 8.75. The predicted octanol–water partition coefficient (Wildman–Crippen LogP) is 4.03. The van der Waals surface area contributed by atoms with Crippen LogP contribution in [-0.4, -0.2) is 27.6 Å². The van der Waals surface area contributed by atoms with Gasteiger partial charge in [0.2, 0.25) is 11.7 Å². The van der Waals surface area contributed by atoms with Gasteiger partial charge in [-0.05, 0) is 37.1 Å². The minimum Gasteiger partial charge on any atom is -0.467 e. The summed E-state index contributed by atoms with van der Waals surface area (Å²) in [6, 6.07) is 10.5. The van der Waals surface area contributed by atoms with Gasteiger partial charge in [-0.15, -0.1) is 0 Å². The molecule has 1 N–H and O–H groups in total. The summed E-state index contributed by atoms with van der Waals surface area (Å²) >= 11 is 6.02. The zero-order valence-electron chi connectivity index (χ0n) is 13.9. The van der Waals surface area contributed by atoms with Crippen LogP contribution in [0.3, 0.4) is 0 Å². The number of carbonyl (C=O) groups is 1. The van der Waals surface area contributed by atoms with Crippen LogP contribution in [-0.2, 0) is 6.54 Å². The highest BCUT2D eigenvalue weighted by molar-refractivity contribution is 6.30. The highest BCUT2D eigenvalue weighted by Gasteiger charge is 2.34. The van der Waals surface area contributed by atoms with Gasteiger partial charge < -0.3 is 19.2 Å². The van der Waals surface area contributed by atoms with Crippen molar-refractivity contribution in [2.45, 2.75) is 25.4 Å². The second kappa shape index (κ2) is 7.21. The fraction of sp³-hybridized carbons (Fsp3) is 0.278. The maximum Gasteiger partial charge on any atom is 0.318 e. The second-order valence-electron chi connectivity index (χ2n) is 6.06. The number of carbonyl (C=O) groups excluding carboxylic acids is 1. The van der Waals surface area contributed by atoms with Gasteiger partial charge in [-0.1, -0.05) is 28.9 Å². The Kier molecular flexibility index (Phi) is 4.62. The van der Waals surface area contributed by atoms with Crippen LogP contribution in [0.1, 0.15) is 30.5 Å². The van der Waals surface area contributed by atoms with E-state index < -0.39 is 0 Å². The number of nitrogens with one attached hydrogen (secondary N) is 1. The highest BCUT2D eigenvalue weighted by atomic mass is 35.5. The molecule has 1 atom stereocenters. The van der Waals surface area contributed by atoms with Crippen molar-refractivity contribution in [3.8, 4) is 11.4 Å². The molecule has 4 rings (SSSR count). The molecule has 0 bridgehead atoms. The van der Waals surface area contributed by atoms with E-state index in [1.54, 1.807) is 29.4 Å². The van der Waals surface area contributed by atoms with E-state index in [-0.39, 0.29) is 12.1 Å². The Morgan fingerprint density at radius 2 is 2.27 bits per heavy atom. The van der Waals surface area contributed by atoms with Gasteiger partial charge in [0, 0.05) is 17.1 Å². The molecule has 3 aromatic rings. The average molecular weight is 373 g/mol. The molecule has 1 saturated heterocycles. The summed E-state index contributed by atoms with van der Waals surface area (Å²) in [7, 11) is 0. The number of halogens is 1. The Morgan fingerprint density at radius 1 is 1.35 bits per heavy atom. The lowest BCUT2D eigenvalue weighted by Gasteiger charge is -2.21. The number of furan rings is 1. The van der Waals surface area contributed by atoms with Crippen LogP contribution in [0.5, 0.6) is 0 Å². The molecule has 26 heavy (non-hydrogen) atoms. The molecule has 0 radical (unpaired) electrons. The first kappa shape index (κ1) is 16.7. The van der Waals surface area contributed by atoms with Crippen LogP contribution in [0.2, 0.25) is 5.02 Å². The molecule has 0 unspecified atom stereocenters. The number of hydrogen-bond donors (Lipinski definition) is 1. The molecule has 7 nitrogen and oxygen atoms in total. The number of aromatic nitrogens is 2. The zero-order chi connectivity index (χ0) is 17.9. The third-order valence-electron chi connectivity index (χ3n) is 4.32. The summed E-state index contributed by atoms with van der Waals surface area (Å²) in [5, 5.41) is 7.50. The lowest BCUT2D eigenvalue weighted by Crippen LogP contribution is -2.39. The molecule has 3 heterocycles. The van der Waals surface area contributed by atoms with Gasteiger partial charge >= 0.3 is 6.03 Å². The molecular weight excluding hydrogens is 356 g/mol. The van der Waals surface area contributed by atoms with Gasteiger partial charge in [0.1, 0.15) is 11.8 Å². The minimum absolute atomic E-state index is 0.175. The summed E-state index contributed by atoms with van der Waals surface area (Å²) in [6.45, 7) is 0.982. The first-order chi connectivity index (χ1) is 12.7. The predicted molar refractivity (Wildman–Crippen MR) is 94.4 cm³/mol. The molecule has 1 fully saturated rings. The van der Waals surface area contributed by atoms with E-state index in [0.717, 1.165) is 18.4 Å². The van der Waals surface area contributed by atoms with E-state index in [4.69, 9.17) is 20.5 Å². The van der Waals surface area contributed by atoms with E-state index in [9.17, 15) is 4.79 Å². The van der Waals surface area contributed by atoms with E-state index in [1.807, 2.05) is 18.2 Å². The normalized spacial score (nSPS) is 16.8. The Bertz CT molecular complexity index is 893. The number of hydrogen-bond acceptors (Lipinski definition) is 5. The zero-order valence-corrected chi connectivity index (χ0v) is 14.6. The lowest BCUT2D eigenvalue weighted by molar-refractivity contribution is 0.179. The summed E-state index contributed by atoms with van der Waals surface area (Å²) in [4.78, 5) is 18.7. The van der Waals surface area contributed by atoms with E-state index in [0.29, 0.717) is 35.6 Å². The van der Waals surface area contributed by atoms with E-state index in [2.05, 4.69) is 15.5 Å². The minimum atomic E-state index is -0.230. The Hall–Kier alpha value is -2.80. The quantitative estimate of drug-likeness (QED) is 0.747. The maximum atomic E-state index is 12.5. The van der Waals surface area contributed by atoms with Gasteiger partial charge in [-0.25, -0.2) is 4.79 Å². The molecule has 0 saturated carbocycles. The van der Waals surface area contributed by atoms with Crippen LogP contribution < -0.4 is 5.32 Å². The molecule has 1 aliphatic rings. The number of likely N-dealkylation sites (tertiary alicyclic amines) is 1. The van der Waals surface area contributed by atoms with Crippen molar-refractivity contribution in [1.29, 1.82) is 0 Å².